The molecule has 0 heterocycles. The number of carbonyl (C=O) groups is 1. The Morgan fingerprint density at radius 2 is 1.79 bits per heavy atom. The monoisotopic (exact) mass is 308 g/mol. The molecule has 0 radical (unpaired) electrons. The summed E-state index contributed by atoms with van der Waals surface area (Å²) < 4.78 is 0.402. The van der Waals surface area contributed by atoms with E-state index in [0.29, 0.717) is 3.83 Å². The number of fused-ring (bicyclic) bond motifs is 1. The van der Waals surface area contributed by atoms with Gasteiger partial charge in [0.15, 0.2) is 0 Å². The molecule has 0 atom stereocenters. The van der Waals surface area contributed by atoms with E-state index in [1.165, 1.54) is 5.39 Å². The van der Waals surface area contributed by atoms with Crippen molar-refractivity contribution >= 4 is 53.7 Å². The van der Waals surface area contributed by atoms with E-state index >= 15 is 0 Å². The normalized spacial score (nSPS) is 10.4. The summed E-state index contributed by atoms with van der Waals surface area (Å²) in [6, 6.07) is 14.1. The zero-order valence-electron chi connectivity index (χ0n) is 7.86. The van der Waals surface area contributed by atoms with Gasteiger partial charge in [-0.1, -0.05) is 0 Å². The van der Waals surface area contributed by atoms with Crippen molar-refractivity contribution in [3.05, 3.63) is 48.0 Å². The second-order valence-corrected chi connectivity index (χ2v) is 7.98. The van der Waals surface area contributed by atoms with Crippen LogP contribution in [-0.2, 0) is 0 Å². The molecule has 2 aromatic rings. The molecular weight excluding hydrogens is 299 g/mol. The summed E-state index contributed by atoms with van der Waals surface area (Å²) in [5.41, 5.74) is 0.931. The Labute approximate surface area is 105 Å². The van der Waals surface area contributed by atoms with Gasteiger partial charge in [-0.2, -0.15) is 0 Å². The number of rotatable bonds is 2. The first-order chi connectivity index (χ1) is 6.83. The number of carbonyl (C=O) groups excluding carboxylic acids is 1. The van der Waals surface area contributed by atoms with Crippen molar-refractivity contribution in [2.75, 3.05) is 0 Å². The van der Waals surface area contributed by atoms with Crippen LogP contribution in [0.5, 0.6) is 0 Å². The van der Waals surface area contributed by atoms with Crippen molar-refractivity contribution in [3.63, 3.8) is 0 Å². The summed E-state index contributed by atoms with van der Waals surface area (Å²) in [6.07, 6.45) is 0. The number of hydrogen-bond donors (Lipinski definition) is 0. The van der Waals surface area contributed by atoms with Crippen molar-refractivity contribution in [2.45, 2.75) is 0 Å². The van der Waals surface area contributed by atoms with E-state index in [9.17, 15) is 4.79 Å². The third-order valence-electron chi connectivity index (χ3n) is 2.19. The Bertz CT molecular complexity index is 476. The van der Waals surface area contributed by atoms with E-state index in [2.05, 4.69) is 12.1 Å². The minimum absolute atomic E-state index is 0.375. The summed E-state index contributed by atoms with van der Waals surface area (Å²) in [6.45, 7) is 0. The molecule has 2 aromatic carbocycles. The standard InChI is InChI=1S/C11H8OTe.Na/c12-11(13)10-7-3-5-8-4-1-2-6-9(8)10;/h1-7H,(H,12,13);/q;+1/p-1. The van der Waals surface area contributed by atoms with E-state index in [1.807, 2.05) is 30.3 Å². The van der Waals surface area contributed by atoms with Gasteiger partial charge in [-0.3, -0.25) is 0 Å². The van der Waals surface area contributed by atoms with Crippen LogP contribution in [0.3, 0.4) is 0 Å². The van der Waals surface area contributed by atoms with E-state index < -0.39 is 0 Å². The van der Waals surface area contributed by atoms with Crippen molar-refractivity contribution in [3.8, 4) is 0 Å². The van der Waals surface area contributed by atoms with Crippen LogP contribution in [-0.4, -0.2) is 42.9 Å². The van der Waals surface area contributed by atoms with Gasteiger partial charge in [0, 0.05) is 0 Å². The molecule has 0 saturated carbocycles. The average molecular weight is 306 g/mol. The Hall–Kier alpha value is 0.160. The van der Waals surface area contributed by atoms with Gasteiger partial charge in [-0.05, 0) is 0 Å². The quantitative estimate of drug-likeness (QED) is 0.773. The van der Waals surface area contributed by atoms with Crippen LogP contribution >= 0.6 is 0 Å². The van der Waals surface area contributed by atoms with Crippen LogP contribution in [0.25, 0.3) is 10.8 Å². The van der Waals surface area contributed by atoms with Crippen LogP contribution in [0.4, 0.5) is 0 Å². The van der Waals surface area contributed by atoms with Gasteiger partial charge in [0.25, 0.3) is 0 Å². The van der Waals surface area contributed by atoms with Gasteiger partial charge in [-0.15, -0.1) is 0 Å². The topological polar surface area (TPSA) is 17.1 Å². The van der Waals surface area contributed by atoms with Crippen molar-refractivity contribution in [1.29, 1.82) is 0 Å². The first-order valence-corrected chi connectivity index (χ1v) is 13.4. The van der Waals surface area contributed by atoms with Crippen molar-refractivity contribution < 1.29 is 4.79 Å². The first kappa shape index (κ1) is 10.7. The Balaban J connectivity index is 2.71. The van der Waals surface area contributed by atoms with Gasteiger partial charge >= 0.3 is 106 Å². The zero-order valence-corrected chi connectivity index (χ0v) is 12.2. The van der Waals surface area contributed by atoms with Crippen LogP contribution in [0.15, 0.2) is 42.5 Å². The fourth-order valence-electron chi connectivity index (χ4n) is 1.51. The second-order valence-electron chi connectivity index (χ2n) is 3.02. The predicted octanol–water partition coefficient (Wildman–Crippen LogP) is 1.77. The van der Waals surface area contributed by atoms with Gasteiger partial charge in [0.05, 0.1) is 0 Å². The maximum atomic E-state index is 11.7. The molecule has 0 bridgehead atoms. The summed E-state index contributed by atoms with van der Waals surface area (Å²) >= 11 is 0.689. The Morgan fingerprint density at radius 1 is 1.07 bits per heavy atom. The molecule has 3 heteroatoms. The van der Waals surface area contributed by atoms with Gasteiger partial charge in [0.2, 0.25) is 0 Å². The molecule has 0 amide bonds. The van der Waals surface area contributed by atoms with Gasteiger partial charge in [0.1, 0.15) is 0 Å². The summed E-state index contributed by atoms with van der Waals surface area (Å²) in [4.78, 5) is 11.7. The number of benzene rings is 2. The van der Waals surface area contributed by atoms with E-state index in [1.54, 1.807) is 0 Å². The Kier molecular flexibility index (Phi) is 3.65. The molecule has 0 aliphatic rings. The molecule has 0 aromatic heterocycles. The maximum absolute atomic E-state index is 11.7. The zero-order chi connectivity index (χ0) is 9.97. The fraction of sp³-hybridized carbons (Fsp3) is 0. The second kappa shape index (κ2) is 4.79. The van der Waals surface area contributed by atoms with Crippen molar-refractivity contribution in [2.24, 2.45) is 0 Å². The molecule has 0 N–H and O–H groups in total. The summed E-state index contributed by atoms with van der Waals surface area (Å²) in [7, 11) is 0. The molecule has 2 rings (SSSR count). The molecule has 64 valence electrons. The van der Waals surface area contributed by atoms with E-state index in [-0.39, 0.29) is 15.5 Å². The fourth-order valence-corrected chi connectivity index (χ4v) is 4.12. The van der Waals surface area contributed by atoms with Crippen LogP contribution < -0.4 is 0 Å². The molecule has 0 saturated heterocycles. The molecule has 0 spiro atoms. The third kappa shape index (κ3) is 2.05. The third-order valence-corrected chi connectivity index (χ3v) is 6.37. The van der Waals surface area contributed by atoms with Crippen LogP contribution in [0.1, 0.15) is 10.4 Å². The SMILES string of the molecule is O=C([Te][Na])c1cccc2ccccc12. The van der Waals surface area contributed by atoms with E-state index in [0.717, 1.165) is 34.5 Å². The molecule has 0 aliphatic heterocycles. The van der Waals surface area contributed by atoms with Gasteiger partial charge < -0.3 is 0 Å². The molecule has 1 nitrogen and oxygen atoms in total. The predicted molar refractivity (Wildman–Crippen MR) is 59.8 cm³/mol. The molecule has 0 unspecified atom stereocenters. The van der Waals surface area contributed by atoms with Gasteiger partial charge in [-0.25, -0.2) is 0 Å². The van der Waals surface area contributed by atoms with Crippen LogP contribution in [0, 0.1) is 0 Å². The van der Waals surface area contributed by atoms with E-state index in [4.69, 9.17) is 0 Å². The Morgan fingerprint density at radius 3 is 2.57 bits per heavy atom. The summed E-state index contributed by atoms with van der Waals surface area (Å²) in [5, 5.41) is 2.28. The average Bonchev–Trinajstić information content (AvgIpc) is 2.27. The molecule has 0 aliphatic carbocycles. The number of hydrogen-bond acceptors (Lipinski definition) is 1. The summed E-state index contributed by atoms with van der Waals surface area (Å²) in [5.74, 6) is 0. The van der Waals surface area contributed by atoms with Crippen LogP contribution in [0.2, 0.25) is 0 Å². The molecular formula is C11H7NaOTe. The first-order valence-electron chi connectivity index (χ1n) is 4.39. The molecule has 0 fully saturated rings. The molecule has 14 heavy (non-hydrogen) atoms. The minimum atomic E-state index is -0.375. The van der Waals surface area contributed by atoms with Crippen molar-refractivity contribution in [1.82, 2.24) is 0 Å².